The van der Waals surface area contributed by atoms with Crippen molar-refractivity contribution in [1.29, 1.82) is 0 Å². The monoisotopic (exact) mass is 419 g/mol. The van der Waals surface area contributed by atoms with Crippen LogP contribution in [0.1, 0.15) is 23.2 Å². The number of fused-ring (bicyclic) bond motifs is 1. The quantitative estimate of drug-likeness (QED) is 0.586. The number of carbonyl (C=O) groups excluding carboxylic acids is 1. The van der Waals surface area contributed by atoms with E-state index in [-0.39, 0.29) is 12.7 Å². The minimum atomic E-state index is -0.199. The third kappa shape index (κ3) is 4.34. The van der Waals surface area contributed by atoms with Gasteiger partial charge in [-0.3, -0.25) is 9.89 Å². The van der Waals surface area contributed by atoms with Crippen LogP contribution >= 0.6 is 0 Å². The molecule has 3 heterocycles. The fourth-order valence-corrected chi connectivity index (χ4v) is 3.89. The van der Waals surface area contributed by atoms with Gasteiger partial charge in [0.05, 0.1) is 5.69 Å². The molecule has 0 spiro atoms. The van der Waals surface area contributed by atoms with E-state index in [4.69, 9.17) is 9.47 Å². The van der Waals surface area contributed by atoms with Crippen LogP contribution in [0, 0.1) is 0 Å². The van der Waals surface area contributed by atoms with Crippen molar-refractivity contribution in [2.45, 2.75) is 18.9 Å². The minimum Gasteiger partial charge on any atom is -0.454 e. The molecular weight excluding hydrogens is 394 g/mol. The van der Waals surface area contributed by atoms with Crippen molar-refractivity contribution in [3.63, 3.8) is 0 Å². The largest absolute Gasteiger partial charge is 0.454 e. The zero-order valence-corrected chi connectivity index (χ0v) is 17.4. The normalized spacial score (nSPS) is 16.3. The van der Waals surface area contributed by atoms with Gasteiger partial charge in [0.1, 0.15) is 0 Å². The maximum atomic E-state index is 12.6. The van der Waals surface area contributed by atoms with E-state index >= 15 is 0 Å². The van der Waals surface area contributed by atoms with E-state index in [1.165, 1.54) is 0 Å². The lowest BCUT2D eigenvalue weighted by Crippen LogP contribution is -2.36. The molecule has 3 N–H and O–H groups in total. The Morgan fingerprint density at radius 2 is 1.84 bits per heavy atom. The highest BCUT2D eigenvalue weighted by atomic mass is 16.7. The molecule has 3 aromatic rings. The molecule has 0 bridgehead atoms. The van der Waals surface area contributed by atoms with Crippen LogP contribution in [-0.2, 0) is 0 Å². The average molecular weight is 419 g/mol. The Kier molecular flexibility index (Phi) is 5.21. The van der Waals surface area contributed by atoms with Gasteiger partial charge in [0.2, 0.25) is 6.79 Å². The van der Waals surface area contributed by atoms with Crippen LogP contribution in [0.2, 0.25) is 0 Å². The number of rotatable bonds is 5. The molecule has 2 aliphatic heterocycles. The lowest BCUT2D eigenvalue weighted by molar-refractivity contribution is 0.102. The number of likely N-dealkylation sites (tertiary alicyclic amines) is 1. The van der Waals surface area contributed by atoms with Gasteiger partial charge in [0, 0.05) is 28.9 Å². The summed E-state index contributed by atoms with van der Waals surface area (Å²) in [6.07, 6.45) is 2.26. The predicted molar refractivity (Wildman–Crippen MR) is 119 cm³/mol. The molecule has 160 valence electrons. The first kappa shape index (κ1) is 19.4. The van der Waals surface area contributed by atoms with Crippen LogP contribution in [0.15, 0.2) is 48.5 Å². The zero-order valence-electron chi connectivity index (χ0n) is 17.4. The molecule has 1 amide bonds. The third-order valence-electron chi connectivity index (χ3n) is 5.74. The molecule has 1 aromatic heterocycles. The van der Waals surface area contributed by atoms with Crippen molar-refractivity contribution in [2.75, 3.05) is 37.6 Å². The summed E-state index contributed by atoms with van der Waals surface area (Å²) in [5.41, 5.74) is 3.31. The number of anilines is 2. The summed E-state index contributed by atoms with van der Waals surface area (Å²) < 4.78 is 10.8. The summed E-state index contributed by atoms with van der Waals surface area (Å²) in [6.45, 7) is 2.45. The number of piperidine rings is 1. The minimum absolute atomic E-state index is 0.199. The van der Waals surface area contributed by atoms with E-state index in [0.29, 0.717) is 23.2 Å². The third-order valence-corrected chi connectivity index (χ3v) is 5.74. The fraction of sp³-hybridized carbons (Fsp3) is 0.304. The molecule has 0 saturated carbocycles. The van der Waals surface area contributed by atoms with Gasteiger partial charge in [0.15, 0.2) is 17.3 Å². The highest BCUT2D eigenvalue weighted by molar-refractivity contribution is 6.04. The lowest BCUT2D eigenvalue weighted by Gasteiger charge is -2.30. The van der Waals surface area contributed by atoms with Crippen molar-refractivity contribution in [2.24, 2.45) is 0 Å². The number of benzene rings is 2. The fourth-order valence-electron chi connectivity index (χ4n) is 3.89. The Hall–Kier alpha value is -3.52. The van der Waals surface area contributed by atoms with Gasteiger partial charge in [-0.2, -0.15) is 5.10 Å². The predicted octanol–water partition coefficient (Wildman–Crippen LogP) is 3.56. The Bertz CT molecular complexity index is 1070. The van der Waals surface area contributed by atoms with Crippen molar-refractivity contribution in [1.82, 2.24) is 15.1 Å². The second-order valence-electron chi connectivity index (χ2n) is 7.99. The number of aromatic amines is 1. The number of ether oxygens (including phenoxy) is 2. The van der Waals surface area contributed by atoms with Crippen molar-refractivity contribution < 1.29 is 14.3 Å². The van der Waals surface area contributed by atoms with Gasteiger partial charge in [-0.05, 0) is 75.4 Å². The van der Waals surface area contributed by atoms with Crippen molar-refractivity contribution in [3.05, 3.63) is 54.1 Å². The molecule has 1 saturated heterocycles. The molecule has 1 fully saturated rings. The van der Waals surface area contributed by atoms with Gasteiger partial charge in [0.25, 0.3) is 5.91 Å². The molecule has 2 aromatic carbocycles. The van der Waals surface area contributed by atoms with Crippen LogP contribution in [0.25, 0.3) is 11.3 Å². The van der Waals surface area contributed by atoms with E-state index in [9.17, 15) is 4.79 Å². The summed E-state index contributed by atoms with van der Waals surface area (Å²) >= 11 is 0. The molecule has 8 heteroatoms. The molecule has 2 aliphatic rings. The topological polar surface area (TPSA) is 91.5 Å². The Balaban J connectivity index is 1.20. The van der Waals surface area contributed by atoms with Crippen molar-refractivity contribution in [3.8, 4) is 22.8 Å². The second-order valence-corrected chi connectivity index (χ2v) is 7.99. The summed E-state index contributed by atoms with van der Waals surface area (Å²) in [5, 5.41) is 13.6. The summed E-state index contributed by atoms with van der Waals surface area (Å²) in [5.74, 6) is 1.69. The molecule has 0 radical (unpaired) electrons. The van der Waals surface area contributed by atoms with Gasteiger partial charge < -0.3 is 25.0 Å². The SMILES string of the molecule is CN1CCC(Nc2ccc(C(=O)Nc3cc(-c4ccc5c(c4)OCO5)[nH]n3)cc2)CC1. The van der Waals surface area contributed by atoms with E-state index < -0.39 is 0 Å². The first-order chi connectivity index (χ1) is 15.1. The summed E-state index contributed by atoms with van der Waals surface area (Å²) in [6, 6.07) is 15.5. The highest BCUT2D eigenvalue weighted by Gasteiger charge is 2.17. The first-order valence-corrected chi connectivity index (χ1v) is 10.5. The zero-order chi connectivity index (χ0) is 21.2. The van der Waals surface area contributed by atoms with Gasteiger partial charge >= 0.3 is 0 Å². The molecule has 0 aliphatic carbocycles. The molecular formula is C23H25N5O3. The van der Waals surface area contributed by atoms with Gasteiger partial charge in [-0.1, -0.05) is 0 Å². The van der Waals surface area contributed by atoms with Gasteiger partial charge in [-0.15, -0.1) is 0 Å². The van der Waals surface area contributed by atoms with Crippen LogP contribution in [0.3, 0.4) is 0 Å². The smallest absolute Gasteiger partial charge is 0.256 e. The van der Waals surface area contributed by atoms with E-state index in [1.807, 2.05) is 42.5 Å². The maximum Gasteiger partial charge on any atom is 0.256 e. The Morgan fingerprint density at radius 3 is 2.65 bits per heavy atom. The first-order valence-electron chi connectivity index (χ1n) is 10.5. The Morgan fingerprint density at radius 1 is 1.06 bits per heavy atom. The number of nitrogens with zero attached hydrogens (tertiary/aromatic N) is 2. The lowest BCUT2D eigenvalue weighted by atomic mass is 10.0. The number of H-pyrrole nitrogens is 1. The van der Waals surface area contributed by atoms with E-state index in [1.54, 1.807) is 6.07 Å². The van der Waals surface area contributed by atoms with Crippen LogP contribution in [0.5, 0.6) is 11.5 Å². The molecule has 8 nitrogen and oxygen atoms in total. The second kappa shape index (κ2) is 8.31. The standard InChI is InChI=1S/C23H25N5O3/c1-28-10-8-18(9-11-28)24-17-5-2-15(3-6-17)23(29)25-22-13-19(26-27-22)16-4-7-20-21(12-16)31-14-30-20/h2-7,12-13,18,24H,8-11,14H2,1H3,(H2,25,26,27,29). The number of amides is 1. The summed E-state index contributed by atoms with van der Waals surface area (Å²) in [4.78, 5) is 15.0. The van der Waals surface area contributed by atoms with E-state index in [2.05, 4.69) is 32.8 Å². The van der Waals surface area contributed by atoms with Crippen LogP contribution in [-0.4, -0.2) is 54.0 Å². The molecule has 31 heavy (non-hydrogen) atoms. The Labute approximate surface area is 180 Å². The number of aromatic nitrogens is 2. The summed E-state index contributed by atoms with van der Waals surface area (Å²) in [7, 11) is 2.15. The number of nitrogens with one attached hydrogen (secondary N) is 3. The molecule has 0 atom stereocenters. The number of hydrogen-bond donors (Lipinski definition) is 3. The van der Waals surface area contributed by atoms with Crippen LogP contribution < -0.4 is 20.1 Å². The number of hydrogen-bond acceptors (Lipinski definition) is 6. The van der Waals surface area contributed by atoms with Gasteiger partial charge in [-0.25, -0.2) is 0 Å². The number of carbonyl (C=O) groups is 1. The highest BCUT2D eigenvalue weighted by Crippen LogP contribution is 2.35. The molecule has 5 rings (SSSR count). The van der Waals surface area contributed by atoms with Crippen LogP contribution in [0.4, 0.5) is 11.5 Å². The maximum absolute atomic E-state index is 12.6. The average Bonchev–Trinajstić information content (AvgIpc) is 3.45. The van der Waals surface area contributed by atoms with E-state index in [0.717, 1.165) is 48.6 Å². The van der Waals surface area contributed by atoms with Crippen molar-refractivity contribution >= 4 is 17.4 Å². The molecule has 0 unspecified atom stereocenters.